The Labute approximate surface area is 201 Å². The molecule has 0 saturated carbocycles. The Balaban J connectivity index is 2.05. The zero-order valence-electron chi connectivity index (χ0n) is 18.0. The molecule has 4 aromatic rings. The first-order chi connectivity index (χ1) is 15.9. The van der Waals surface area contributed by atoms with Crippen LogP contribution in [0.2, 0.25) is 0 Å². The molecule has 0 atom stereocenters. The van der Waals surface area contributed by atoms with Gasteiger partial charge in [-0.05, 0) is 0 Å². The van der Waals surface area contributed by atoms with Gasteiger partial charge in [0.2, 0.25) is 0 Å². The van der Waals surface area contributed by atoms with E-state index in [2.05, 4.69) is 63.8 Å². The number of carbonyl (C=O) groups excluding carboxylic acids is 1. The molecule has 33 heavy (non-hydrogen) atoms. The molecule has 4 rings (SSSR count). The van der Waals surface area contributed by atoms with Gasteiger partial charge in [-0.1, -0.05) is 0 Å². The van der Waals surface area contributed by atoms with Crippen LogP contribution in [0.4, 0.5) is 10.1 Å². The fourth-order valence-corrected chi connectivity index (χ4v) is 11.9. The van der Waals surface area contributed by atoms with Crippen molar-refractivity contribution in [2.24, 2.45) is 0 Å². The van der Waals surface area contributed by atoms with Gasteiger partial charge in [0.05, 0.1) is 0 Å². The van der Waals surface area contributed by atoms with E-state index in [1.165, 1.54) is 18.2 Å². The Hall–Kier alpha value is -3.07. The van der Waals surface area contributed by atoms with Gasteiger partial charge in [-0.25, -0.2) is 0 Å². The number of halogens is 2. The van der Waals surface area contributed by atoms with Crippen molar-refractivity contribution in [1.82, 2.24) is 0 Å². The molecule has 0 aliphatic rings. The van der Waals surface area contributed by atoms with Gasteiger partial charge in [0.25, 0.3) is 0 Å². The van der Waals surface area contributed by atoms with Crippen LogP contribution in [-0.2, 0) is 11.0 Å². The first kappa shape index (κ1) is 23.1. The molecule has 0 aliphatic heterocycles. The van der Waals surface area contributed by atoms with Crippen LogP contribution in [-0.4, -0.2) is 5.91 Å². The van der Waals surface area contributed by atoms with Crippen molar-refractivity contribution >= 4 is 48.3 Å². The predicted molar refractivity (Wildman–Crippen MR) is 143 cm³/mol. The van der Waals surface area contributed by atoms with Gasteiger partial charge in [0, 0.05) is 0 Å². The molecule has 1 N–H and O–H groups in total. The summed E-state index contributed by atoms with van der Waals surface area (Å²) in [5.74, 6) is -0.789. The van der Waals surface area contributed by atoms with Crippen molar-refractivity contribution in [3.63, 3.8) is 0 Å². The summed E-state index contributed by atoms with van der Waals surface area (Å²) in [6.45, 7) is 3.53. The van der Waals surface area contributed by atoms with Crippen LogP contribution in [0.25, 0.3) is 0 Å². The average Bonchev–Trinajstić information content (AvgIpc) is 2.87. The number of rotatable bonds is 7. The molecule has 0 unspecified atom stereocenters. The maximum atomic E-state index is 14.2. The summed E-state index contributed by atoms with van der Waals surface area (Å²) in [5.41, 5.74) is 1.27. The molecule has 0 spiro atoms. The standard InChI is InChI=1S/C28H24BrFNOP/c1-2-28(32)31-27-20-23(30)19-18-22(27)21-33(29,24-12-6-3-7-13-24,25-14-8-4-9-15-25)26-16-10-5-11-17-26/h2-20H,1,21H2,(H,31,32). The summed E-state index contributed by atoms with van der Waals surface area (Å²) in [6, 6.07) is 35.6. The van der Waals surface area contributed by atoms with E-state index in [0.29, 0.717) is 11.8 Å². The molecule has 166 valence electrons. The topological polar surface area (TPSA) is 29.1 Å². The second kappa shape index (κ2) is 9.43. The van der Waals surface area contributed by atoms with E-state index in [1.807, 2.05) is 54.6 Å². The Morgan fingerprint density at radius 2 is 1.27 bits per heavy atom. The summed E-state index contributed by atoms with van der Waals surface area (Å²) in [5, 5.41) is 2.95. The summed E-state index contributed by atoms with van der Waals surface area (Å²) in [7, 11) is 0. The van der Waals surface area contributed by atoms with Crippen LogP contribution >= 0.6 is 20.8 Å². The van der Waals surface area contributed by atoms with E-state index < -0.39 is 11.1 Å². The first-order valence-corrected chi connectivity index (χ1v) is 15.0. The number of anilines is 1. The van der Waals surface area contributed by atoms with E-state index in [4.69, 9.17) is 0 Å². The van der Waals surface area contributed by atoms with E-state index >= 15 is 0 Å². The molecule has 0 saturated heterocycles. The molecule has 0 radical (unpaired) electrons. The number of carbonyl (C=O) groups is 1. The third-order valence-electron chi connectivity index (χ3n) is 5.87. The third-order valence-corrected chi connectivity index (χ3v) is 15.4. The average molecular weight is 520 g/mol. The number of hydrogen-bond acceptors (Lipinski definition) is 1. The Morgan fingerprint density at radius 1 is 0.818 bits per heavy atom. The van der Waals surface area contributed by atoms with Gasteiger partial charge < -0.3 is 0 Å². The van der Waals surface area contributed by atoms with E-state index in [9.17, 15) is 9.18 Å². The molecular weight excluding hydrogens is 496 g/mol. The number of nitrogens with one attached hydrogen (secondary N) is 1. The minimum absolute atomic E-state index is 0.379. The second-order valence-electron chi connectivity index (χ2n) is 7.84. The minimum atomic E-state index is -3.28. The van der Waals surface area contributed by atoms with Crippen LogP contribution in [0.3, 0.4) is 0 Å². The SMILES string of the molecule is C=CC(=O)Nc1cc(F)ccc1CP(Br)(c1ccccc1)(c1ccccc1)c1ccccc1. The maximum absolute atomic E-state index is 14.2. The first-order valence-electron chi connectivity index (χ1n) is 10.6. The van der Waals surface area contributed by atoms with Gasteiger partial charge in [-0.2, -0.15) is 0 Å². The van der Waals surface area contributed by atoms with Gasteiger partial charge in [-0.3, -0.25) is 0 Å². The number of benzene rings is 4. The molecule has 5 heteroatoms. The predicted octanol–water partition coefficient (Wildman–Crippen LogP) is 6.29. The number of hydrogen-bond donors (Lipinski definition) is 1. The van der Waals surface area contributed by atoms with Gasteiger partial charge >= 0.3 is 202 Å². The monoisotopic (exact) mass is 519 g/mol. The second-order valence-corrected chi connectivity index (χ2v) is 16.8. The van der Waals surface area contributed by atoms with Crippen LogP contribution in [0.1, 0.15) is 5.56 Å². The zero-order chi connectivity index (χ0) is 23.3. The summed E-state index contributed by atoms with van der Waals surface area (Å²) in [4.78, 5) is 12.1. The molecule has 0 heterocycles. The van der Waals surface area contributed by atoms with Crippen LogP contribution in [0, 0.1) is 5.82 Å². The van der Waals surface area contributed by atoms with E-state index in [-0.39, 0.29) is 5.91 Å². The summed E-state index contributed by atoms with van der Waals surface area (Å²) in [6.07, 6.45) is 1.73. The normalized spacial score (nSPS) is 12.4. The van der Waals surface area contributed by atoms with Gasteiger partial charge in [-0.15, -0.1) is 0 Å². The summed E-state index contributed by atoms with van der Waals surface area (Å²) >= 11 is 4.39. The van der Waals surface area contributed by atoms with Crippen molar-refractivity contribution in [2.45, 2.75) is 6.16 Å². The Bertz CT molecular complexity index is 1180. The van der Waals surface area contributed by atoms with E-state index in [1.54, 1.807) is 6.07 Å². The Kier molecular flexibility index (Phi) is 6.60. The van der Waals surface area contributed by atoms with Crippen molar-refractivity contribution in [2.75, 3.05) is 5.32 Å². The molecule has 4 aromatic carbocycles. The summed E-state index contributed by atoms with van der Waals surface area (Å²) < 4.78 is 14.2. The van der Waals surface area contributed by atoms with Crippen LogP contribution < -0.4 is 21.2 Å². The molecule has 0 aromatic heterocycles. The van der Waals surface area contributed by atoms with Crippen LogP contribution in [0.15, 0.2) is 122 Å². The van der Waals surface area contributed by atoms with Crippen LogP contribution in [0.5, 0.6) is 0 Å². The fourth-order valence-electron chi connectivity index (χ4n) is 4.24. The van der Waals surface area contributed by atoms with Crippen molar-refractivity contribution in [1.29, 1.82) is 0 Å². The van der Waals surface area contributed by atoms with Gasteiger partial charge in [0.1, 0.15) is 0 Å². The molecule has 0 aliphatic carbocycles. The number of amides is 1. The third kappa shape index (κ3) is 4.29. The molecular formula is C28H24BrFNOP. The van der Waals surface area contributed by atoms with Gasteiger partial charge in [0.15, 0.2) is 0 Å². The quantitative estimate of drug-likeness (QED) is 0.225. The molecule has 2 nitrogen and oxygen atoms in total. The molecule has 1 amide bonds. The fraction of sp³-hybridized carbons (Fsp3) is 0.0357. The Morgan fingerprint density at radius 3 is 1.70 bits per heavy atom. The molecule has 0 bridgehead atoms. The zero-order valence-corrected chi connectivity index (χ0v) is 20.5. The van der Waals surface area contributed by atoms with Crippen molar-refractivity contribution in [3.05, 3.63) is 133 Å². The van der Waals surface area contributed by atoms with Crippen molar-refractivity contribution in [3.8, 4) is 0 Å². The molecule has 0 fully saturated rings. The van der Waals surface area contributed by atoms with Crippen molar-refractivity contribution < 1.29 is 9.18 Å². The van der Waals surface area contributed by atoms with E-state index in [0.717, 1.165) is 21.5 Å².